The minimum absolute atomic E-state index is 0.0613. The number of nitrogens with one attached hydrogen (secondary N) is 1. The van der Waals surface area contributed by atoms with Crippen LogP contribution in [0.1, 0.15) is 18.4 Å². The molecule has 1 aromatic rings. The number of aliphatic carboxylic acids is 1. The predicted octanol–water partition coefficient (Wildman–Crippen LogP) is 0.840. The zero-order chi connectivity index (χ0) is 13.0. The van der Waals surface area contributed by atoms with Gasteiger partial charge in [0.25, 0.3) is 0 Å². The summed E-state index contributed by atoms with van der Waals surface area (Å²) < 4.78 is 0. The van der Waals surface area contributed by atoms with Gasteiger partial charge in [-0.15, -0.1) is 0 Å². The van der Waals surface area contributed by atoms with Gasteiger partial charge in [-0.05, 0) is 18.1 Å². The van der Waals surface area contributed by atoms with Crippen molar-refractivity contribution in [3.63, 3.8) is 0 Å². The molecule has 2 heterocycles. The summed E-state index contributed by atoms with van der Waals surface area (Å²) in [5.74, 6) is -0.837. The van der Waals surface area contributed by atoms with Crippen molar-refractivity contribution < 1.29 is 14.7 Å². The van der Waals surface area contributed by atoms with Crippen LogP contribution >= 0.6 is 0 Å². The van der Waals surface area contributed by atoms with Crippen molar-refractivity contribution in [2.24, 2.45) is 0 Å². The molecule has 0 saturated carbocycles. The van der Waals surface area contributed by atoms with E-state index >= 15 is 0 Å². The van der Waals surface area contributed by atoms with Crippen molar-refractivity contribution in [1.29, 1.82) is 0 Å². The van der Waals surface area contributed by atoms with Gasteiger partial charge in [0.05, 0.1) is 6.04 Å². The minimum atomic E-state index is -0.837. The molecule has 0 spiro atoms. The number of amides is 2. The maximum atomic E-state index is 11.7. The molecule has 2 amide bonds. The molecule has 1 aliphatic heterocycles. The fourth-order valence-corrected chi connectivity index (χ4v) is 2.02. The van der Waals surface area contributed by atoms with E-state index in [4.69, 9.17) is 5.11 Å². The molecule has 0 radical (unpaired) electrons. The molecule has 1 aromatic heterocycles. The monoisotopic (exact) mass is 249 g/mol. The highest BCUT2D eigenvalue weighted by molar-refractivity contribution is 5.77. The molecule has 1 unspecified atom stereocenters. The van der Waals surface area contributed by atoms with Crippen LogP contribution < -0.4 is 5.32 Å². The van der Waals surface area contributed by atoms with Crippen LogP contribution in [0, 0.1) is 0 Å². The highest BCUT2D eigenvalue weighted by atomic mass is 16.4. The second-order valence-electron chi connectivity index (χ2n) is 4.26. The zero-order valence-electron chi connectivity index (χ0n) is 9.87. The van der Waals surface area contributed by atoms with Gasteiger partial charge < -0.3 is 15.3 Å². The van der Waals surface area contributed by atoms with Crippen molar-refractivity contribution >= 4 is 12.0 Å². The second kappa shape index (κ2) is 5.48. The Kier molecular flexibility index (Phi) is 3.76. The Labute approximate surface area is 105 Å². The third kappa shape index (κ3) is 2.97. The smallest absolute Gasteiger partial charge is 0.318 e. The lowest BCUT2D eigenvalue weighted by Crippen LogP contribution is -2.34. The van der Waals surface area contributed by atoms with Crippen LogP contribution in [0.3, 0.4) is 0 Å². The number of urea groups is 1. The van der Waals surface area contributed by atoms with Crippen LogP contribution in [0.5, 0.6) is 0 Å². The summed E-state index contributed by atoms with van der Waals surface area (Å²) in [6.07, 6.45) is 3.92. The van der Waals surface area contributed by atoms with Gasteiger partial charge in [0.15, 0.2) is 0 Å². The van der Waals surface area contributed by atoms with Crippen LogP contribution in [0.4, 0.5) is 4.79 Å². The fourth-order valence-electron chi connectivity index (χ4n) is 2.02. The van der Waals surface area contributed by atoms with E-state index in [1.54, 1.807) is 17.3 Å². The minimum Gasteiger partial charge on any atom is -0.481 e. The van der Waals surface area contributed by atoms with Gasteiger partial charge >= 0.3 is 12.0 Å². The average molecular weight is 249 g/mol. The lowest BCUT2D eigenvalue weighted by molar-refractivity contribution is -0.137. The molecule has 2 rings (SSSR count). The van der Waals surface area contributed by atoms with Gasteiger partial charge in [-0.25, -0.2) is 4.79 Å². The quantitative estimate of drug-likeness (QED) is 0.810. The lowest BCUT2D eigenvalue weighted by Gasteiger charge is -2.22. The number of pyridine rings is 1. The summed E-state index contributed by atoms with van der Waals surface area (Å²) in [5.41, 5.74) is 0.940. The van der Waals surface area contributed by atoms with Crippen LogP contribution in [0.25, 0.3) is 0 Å². The van der Waals surface area contributed by atoms with Gasteiger partial charge in [0.1, 0.15) is 0 Å². The number of nitrogens with zero attached hydrogens (tertiary/aromatic N) is 2. The molecule has 2 N–H and O–H groups in total. The largest absolute Gasteiger partial charge is 0.481 e. The number of hydrogen-bond donors (Lipinski definition) is 2. The topological polar surface area (TPSA) is 82.5 Å². The lowest BCUT2D eigenvalue weighted by atomic mass is 10.1. The number of carbonyl (C=O) groups excluding carboxylic acids is 1. The fraction of sp³-hybridized carbons (Fsp3) is 0.417. The van der Waals surface area contributed by atoms with E-state index in [1.165, 1.54) is 0 Å². The van der Waals surface area contributed by atoms with Gasteiger partial charge in [-0.3, -0.25) is 9.78 Å². The maximum Gasteiger partial charge on any atom is 0.318 e. The van der Waals surface area contributed by atoms with Crippen molar-refractivity contribution in [2.45, 2.75) is 25.4 Å². The van der Waals surface area contributed by atoms with E-state index in [2.05, 4.69) is 10.3 Å². The van der Waals surface area contributed by atoms with Gasteiger partial charge in [-0.1, -0.05) is 6.07 Å². The summed E-state index contributed by atoms with van der Waals surface area (Å²) in [4.78, 5) is 27.9. The highest BCUT2D eigenvalue weighted by Gasteiger charge is 2.30. The molecular formula is C12H15N3O3. The summed E-state index contributed by atoms with van der Waals surface area (Å²) in [5, 5.41) is 11.4. The molecule has 1 saturated heterocycles. The number of carboxylic acid groups (broad SMARTS) is 1. The number of hydrogen-bond acceptors (Lipinski definition) is 3. The zero-order valence-corrected chi connectivity index (χ0v) is 9.87. The SMILES string of the molecule is O=C(O)CCC1CNC(=O)N1Cc1cccnc1. The first kappa shape index (κ1) is 12.3. The molecular weight excluding hydrogens is 234 g/mol. The molecule has 96 valence electrons. The Morgan fingerprint density at radius 3 is 3.11 bits per heavy atom. The maximum absolute atomic E-state index is 11.7. The standard InChI is InChI=1S/C12H15N3O3/c16-11(17)4-3-10-7-14-12(18)15(10)8-9-2-1-5-13-6-9/h1-2,5-6,10H,3-4,7-8H2,(H,14,18)(H,16,17). The highest BCUT2D eigenvalue weighted by Crippen LogP contribution is 2.16. The Morgan fingerprint density at radius 2 is 2.44 bits per heavy atom. The average Bonchev–Trinajstić information content (AvgIpc) is 2.70. The van der Waals surface area contributed by atoms with E-state index < -0.39 is 5.97 Å². The molecule has 6 heteroatoms. The van der Waals surface area contributed by atoms with Gasteiger partial charge in [0.2, 0.25) is 0 Å². The van der Waals surface area contributed by atoms with Crippen LogP contribution in [-0.2, 0) is 11.3 Å². The molecule has 6 nitrogen and oxygen atoms in total. The molecule has 0 aliphatic carbocycles. The van der Waals surface area contributed by atoms with Crippen molar-refractivity contribution in [3.8, 4) is 0 Å². The number of aromatic nitrogens is 1. The van der Waals surface area contributed by atoms with Crippen LogP contribution in [-0.4, -0.2) is 39.6 Å². The summed E-state index contributed by atoms with van der Waals surface area (Å²) >= 11 is 0. The Morgan fingerprint density at radius 1 is 1.61 bits per heavy atom. The predicted molar refractivity (Wildman–Crippen MR) is 63.8 cm³/mol. The number of carboxylic acids is 1. The van der Waals surface area contributed by atoms with E-state index in [1.807, 2.05) is 12.1 Å². The summed E-state index contributed by atoms with van der Waals surface area (Å²) in [7, 11) is 0. The van der Waals surface area contributed by atoms with Crippen LogP contribution in [0.2, 0.25) is 0 Å². The number of rotatable bonds is 5. The Hall–Kier alpha value is -2.11. The first-order chi connectivity index (χ1) is 8.66. The van der Waals surface area contributed by atoms with Crippen molar-refractivity contribution in [2.75, 3.05) is 6.54 Å². The molecule has 1 fully saturated rings. The normalized spacial score (nSPS) is 18.8. The third-order valence-corrected chi connectivity index (χ3v) is 2.96. The second-order valence-corrected chi connectivity index (χ2v) is 4.26. The molecule has 1 aliphatic rings. The Balaban J connectivity index is 1.99. The summed E-state index contributed by atoms with van der Waals surface area (Å²) in [6, 6.07) is 3.51. The third-order valence-electron chi connectivity index (χ3n) is 2.96. The first-order valence-corrected chi connectivity index (χ1v) is 5.82. The summed E-state index contributed by atoms with van der Waals surface area (Å²) in [6.45, 7) is 0.969. The first-order valence-electron chi connectivity index (χ1n) is 5.82. The van der Waals surface area contributed by atoms with Crippen LogP contribution in [0.15, 0.2) is 24.5 Å². The molecule has 18 heavy (non-hydrogen) atoms. The Bertz CT molecular complexity index is 435. The molecule has 1 atom stereocenters. The van der Waals surface area contributed by atoms with E-state index in [9.17, 15) is 9.59 Å². The number of carbonyl (C=O) groups is 2. The van der Waals surface area contributed by atoms with Gasteiger partial charge in [-0.2, -0.15) is 0 Å². The van der Waals surface area contributed by atoms with E-state index in [0.717, 1.165) is 5.56 Å². The molecule has 0 bridgehead atoms. The van der Waals surface area contributed by atoms with E-state index in [-0.39, 0.29) is 18.5 Å². The van der Waals surface area contributed by atoms with Crippen molar-refractivity contribution in [1.82, 2.24) is 15.2 Å². The molecule has 0 aromatic carbocycles. The van der Waals surface area contributed by atoms with Gasteiger partial charge in [0, 0.05) is 31.9 Å². The van der Waals surface area contributed by atoms with Crippen molar-refractivity contribution in [3.05, 3.63) is 30.1 Å². The van der Waals surface area contributed by atoms with E-state index in [0.29, 0.717) is 19.5 Å².